The smallest absolute Gasteiger partial charge is 0.323 e. The molecule has 0 saturated heterocycles. The van der Waals surface area contributed by atoms with Crippen molar-refractivity contribution in [3.63, 3.8) is 0 Å². The minimum atomic E-state index is -0.398. The number of nitrogens with zero attached hydrogens (tertiary/aromatic N) is 3. The molecule has 0 saturated carbocycles. The van der Waals surface area contributed by atoms with Gasteiger partial charge in [0.15, 0.2) is 17.1 Å². The van der Waals surface area contributed by atoms with Crippen molar-refractivity contribution in [2.45, 2.75) is 10.8 Å². The molecule has 0 unspecified atom stereocenters. The van der Waals surface area contributed by atoms with Crippen LogP contribution in [-0.2, 0) is 5.75 Å². The summed E-state index contributed by atoms with van der Waals surface area (Å²) in [6.45, 7) is 0. The highest BCUT2D eigenvalue weighted by Gasteiger charge is 2.15. The van der Waals surface area contributed by atoms with Crippen molar-refractivity contribution in [1.82, 2.24) is 20.2 Å². The first-order valence-electron chi connectivity index (χ1n) is 9.85. The zero-order valence-electron chi connectivity index (χ0n) is 18.2. The third kappa shape index (κ3) is 5.09. The van der Waals surface area contributed by atoms with Crippen LogP contribution >= 0.6 is 11.8 Å². The van der Waals surface area contributed by atoms with E-state index in [2.05, 4.69) is 30.8 Å². The number of carbonyl (C=O) groups is 1. The molecule has 4 aromatic rings. The second kappa shape index (κ2) is 10.1. The van der Waals surface area contributed by atoms with Gasteiger partial charge < -0.3 is 24.8 Å². The highest BCUT2D eigenvalue weighted by Crippen LogP contribution is 2.40. The second-order valence-electron chi connectivity index (χ2n) is 6.79. The van der Waals surface area contributed by atoms with Gasteiger partial charge in [-0.05, 0) is 17.7 Å². The average molecular weight is 467 g/mol. The Balaban J connectivity index is 1.42. The van der Waals surface area contributed by atoms with Gasteiger partial charge in [-0.25, -0.2) is 14.8 Å². The molecule has 170 valence electrons. The number of methoxy groups -OCH3 is 3. The minimum Gasteiger partial charge on any atom is -0.493 e. The van der Waals surface area contributed by atoms with Gasteiger partial charge in [0.25, 0.3) is 0 Å². The molecule has 11 heteroatoms. The van der Waals surface area contributed by atoms with Gasteiger partial charge in [-0.1, -0.05) is 12.1 Å². The summed E-state index contributed by atoms with van der Waals surface area (Å²) in [6.07, 6.45) is 3.22. The number of nitrogens with one attached hydrogen (secondary N) is 3. The largest absolute Gasteiger partial charge is 0.493 e. The van der Waals surface area contributed by atoms with E-state index in [1.54, 1.807) is 30.1 Å². The van der Waals surface area contributed by atoms with Crippen molar-refractivity contribution < 1.29 is 19.0 Å². The van der Waals surface area contributed by atoms with Crippen LogP contribution in [0.3, 0.4) is 0 Å². The predicted molar refractivity (Wildman–Crippen MR) is 126 cm³/mol. The highest BCUT2D eigenvalue weighted by atomic mass is 32.2. The first-order valence-corrected chi connectivity index (χ1v) is 10.8. The molecule has 10 nitrogen and oxygen atoms in total. The normalized spacial score (nSPS) is 10.6. The van der Waals surface area contributed by atoms with Crippen LogP contribution in [0.15, 0.2) is 53.9 Å². The Morgan fingerprint density at radius 2 is 1.76 bits per heavy atom. The summed E-state index contributed by atoms with van der Waals surface area (Å²) in [4.78, 5) is 21.1. The molecule has 2 amide bonds. The number of rotatable bonds is 8. The summed E-state index contributed by atoms with van der Waals surface area (Å²) in [5.41, 5.74) is 2.89. The Morgan fingerprint density at radius 1 is 1.00 bits per heavy atom. The molecule has 0 aliphatic rings. The number of benzene rings is 2. The van der Waals surface area contributed by atoms with Gasteiger partial charge in [-0.3, -0.25) is 5.10 Å². The molecule has 3 N–H and O–H groups in total. The van der Waals surface area contributed by atoms with Gasteiger partial charge in [-0.2, -0.15) is 5.10 Å². The fraction of sp³-hybridized carbons (Fsp3) is 0.182. The van der Waals surface area contributed by atoms with Gasteiger partial charge >= 0.3 is 6.03 Å². The third-order valence-electron chi connectivity index (χ3n) is 4.69. The third-order valence-corrected chi connectivity index (χ3v) is 5.77. The van der Waals surface area contributed by atoms with E-state index in [1.165, 1.54) is 27.7 Å². The lowest BCUT2D eigenvalue weighted by Gasteiger charge is -2.15. The first kappa shape index (κ1) is 22.2. The van der Waals surface area contributed by atoms with E-state index >= 15 is 0 Å². The number of urea groups is 1. The van der Waals surface area contributed by atoms with Crippen molar-refractivity contribution in [2.24, 2.45) is 0 Å². The minimum absolute atomic E-state index is 0.398. The van der Waals surface area contributed by atoms with Crippen LogP contribution in [0.1, 0.15) is 5.56 Å². The number of hydrogen-bond acceptors (Lipinski definition) is 8. The first-order chi connectivity index (χ1) is 16.1. The number of amides is 2. The fourth-order valence-corrected chi connectivity index (χ4v) is 4.10. The van der Waals surface area contributed by atoms with Gasteiger partial charge in [0.05, 0.1) is 38.6 Å². The molecule has 0 atom stereocenters. The van der Waals surface area contributed by atoms with Crippen LogP contribution in [-0.4, -0.2) is 47.5 Å². The van der Waals surface area contributed by atoms with Crippen LogP contribution in [0.2, 0.25) is 0 Å². The Bertz CT molecular complexity index is 1250. The molecule has 0 aliphatic carbocycles. The number of anilines is 2. The molecule has 0 radical (unpaired) electrons. The van der Waals surface area contributed by atoms with Gasteiger partial charge in [-0.15, -0.1) is 11.8 Å². The maximum absolute atomic E-state index is 12.6. The topological polar surface area (TPSA) is 123 Å². The number of hydrogen-bond donors (Lipinski definition) is 3. The Labute approximate surface area is 194 Å². The maximum Gasteiger partial charge on any atom is 0.323 e. The van der Waals surface area contributed by atoms with Crippen molar-refractivity contribution in [2.75, 3.05) is 32.0 Å². The van der Waals surface area contributed by atoms with Crippen molar-refractivity contribution in [3.05, 3.63) is 54.5 Å². The predicted octanol–water partition coefficient (Wildman–Crippen LogP) is 4.32. The molecule has 4 rings (SSSR count). The van der Waals surface area contributed by atoms with E-state index in [0.717, 1.165) is 16.0 Å². The maximum atomic E-state index is 12.6. The van der Waals surface area contributed by atoms with Crippen LogP contribution in [0.4, 0.5) is 16.2 Å². The molecule has 0 fully saturated rings. The molecule has 0 bridgehead atoms. The SMILES string of the molecule is COc1cc(NC(=O)Nc2cccc(CSc3ncnc4[nH]ncc34)c2)cc(OC)c1OC. The zero-order valence-corrected chi connectivity index (χ0v) is 19.0. The van der Waals surface area contributed by atoms with E-state index in [0.29, 0.717) is 40.0 Å². The molecule has 0 spiro atoms. The summed E-state index contributed by atoms with van der Waals surface area (Å²) >= 11 is 1.57. The molecule has 2 aromatic carbocycles. The molecular formula is C22H22N6O4S. The molecule has 33 heavy (non-hydrogen) atoms. The Morgan fingerprint density at radius 3 is 2.48 bits per heavy atom. The lowest BCUT2D eigenvalue weighted by molar-refractivity contribution is 0.262. The Kier molecular flexibility index (Phi) is 6.79. The van der Waals surface area contributed by atoms with E-state index in [-0.39, 0.29) is 0 Å². The van der Waals surface area contributed by atoms with Crippen molar-refractivity contribution in [1.29, 1.82) is 0 Å². The number of H-pyrrole nitrogens is 1. The van der Waals surface area contributed by atoms with Crippen LogP contribution in [0, 0.1) is 0 Å². The van der Waals surface area contributed by atoms with E-state index in [4.69, 9.17) is 14.2 Å². The number of aromatic amines is 1. The summed E-state index contributed by atoms with van der Waals surface area (Å²) in [7, 11) is 4.56. The lowest BCUT2D eigenvalue weighted by atomic mass is 10.2. The van der Waals surface area contributed by atoms with E-state index < -0.39 is 6.03 Å². The highest BCUT2D eigenvalue weighted by molar-refractivity contribution is 7.98. The van der Waals surface area contributed by atoms with Gasteiger partial charge in [0.2, 0.25) is 5.75 Å². The van der Waals surface area contributed by atoms with Crippen molar-refractivity contribution in [3.8, 4) is 17.2 Å². The number of fused-ring (bicyclic) bond motifs is 1. The quantitative estimate of drug-likeness (QED) is 0.259. The van der Waals surface area contributed by atoms with Gasteiger partial charge in [0.1, 0.15) is 11.4 Å². The summed E-state index contributed by atoms with van der Waals surface area (Å²) < 4.78 is 16.0. The Hall–Kier alpha value is -3.99. The molecule has 0 aliphatic heterocycles. The number of thioether (sulfide) groups is 1. The van der Waals surface area contributed by atoms with Gasteiger partial charge in [0, 0.05) is 23.6 Å². The summed E-state index contributed by atoms with van der Waals surface area (Å²) in [5, 5.41) is 14.2. The number of ether oxygens (including phenoxy) is 3. The molecule has 2 aromatic heterocycles. The monoisotopic (exact) mass is 466 g/mol. The van der Waals surface area contributed by atoms with Crippen LogP contribution in [0.5, 0.6) is 17.2 Å². The fourth-order valence-electron chi connectivity index (χ4n) is 3.20. The molecular weight excluding hydrogens is 444 g/mol. The lowest BCUT2D eigenvalue weighted by Crippen LogP contribution is -2.19. The van der Waals surface area contributed by atoms with E-state index in [9.17, 15) is 4.79 Å². The van der Waals surface area contributed by atoms with Crippen LogP contribution in [0.25, 0.3) is 11.0 Å². The zero-order chi connectivity index (χ0) is 23.2. The second-order valence-corrected chi connectivity index (χ2v) is 7.76. The van der Waals surface area contributed by atoms with Crippen LogP contribution < -0.4 is 24.8 Å². The average Bonchev–Trinajstić information content (AvgIpc) is 3.31. The van der Waals surface area contributed by atoms with E-state index in [1.807, 2.05) is 24.3 Å². The summed E-state index contributed by atoms with van der Waals surface area (Å²) in [6, 6.07) is 10.5. The van der Waals surface area contributed by atoms with Crippen molar-refractivity contribution >= 4 is 40.2 Å². The summed E-state index contributed by atoms with van der Waals surface area (Å²) in [5.74, 6) is 2.01. The number of aromatic nitrogens is 4. The number of carbonyl (C=O) groups excluding carboxylic acids is 1. The standard InChI is InChI=1S/C22H22N6O4S/c1-30-17-8-15(9-18(31-2)19(17)32-3)27-22(29)26-14-6-4-5-13(7-14)11-33-21-16-10-25-28-20(16)23-12-24-21/h4-10,12H,11H2,1-3H3,(H2,26,27,29)(H,23,24,25,28). The molecule has 2 heterocycles.